The van der Waals surface area contributed by atoms with E-state index in [1.54, 1.807) is 30.3 Å². The Balaban J connectivity index is 2.07. The molecule has 2 N–H and O–H groups in total. The molecule has 6 heteroatoms. The second kappa shape index (κ2) is 5.44. The van der Waals surface area contributed by atoms with Crippen molar-refractivity contribution in [2.24, 2.45) is 0 Å². The number of hydrogen-bond acceptors (Lipinski definition) is 2. The van der Waals surface area contributed by atoms with E-state index in [0.717, 1.165) is 0 Å². The summed E-state index contributed by atoms with van der Waals surface area (Å²) in [6, 6.07) is 6.16. The predicted molar refractivity (Wildman–Crippen MR) is 66.9 cm³/mol. The molecule has 110 valence electrons. The van der Waals surface area contributed by atoms with E-state index in [0.29, 0.717) is 12.0 Å². The molecule has 0 unspecified atom stereocenters. The number of aliphatic hydroxyl groups is 1. The van der Waals surface area contributed by atoms with E-state index in [-0.39, 0.29) is 19.3 Å². The monoisotopic (exact) mass is 287 g/mol. The highest BCUT2D eigenvalue weighted by molar-refractivity contribution is 5.86. The molecule has 0 radical (unpaired) electrons. The van der Waals surface area contributed by atoms with E-state index in [4.69, 9.17) is 0 Å². The van der Waals surface area contributed by atoms with Crippen molar-refractivity contribution in [2.75, 3.05) is 0 Å². The Labute approximate surface area is 114 Å². The molecule has 0 heterocycles. The van der Waals surface area contributed by atoms with Crippen molar-refractivity contribution >= 4 is 5.91 Å². The number of amides is 1. The van der Waals surface area contributed by atoms with E-state index in [1.807, 2.05) is 5.32 Å². The molecule has 0 aliphatic heterocycles. The minimum atomic E-state index is -4.55. The second-order valence-corrected chi connectivity index (χ2v) is 5.14. The Hall–Kier alpha value is -1.56. The molecule has 1 aliphatic rings. The summed E-state index contributed by atoms with van der Waals surface area (Å²) in [5.41, 5.74) is -1.14. The molecule has 0 saturated heterocycles. The van der Waals surface area contributed by atoms with Crippen molar-refractivity contribution in [1.82, 2.24) is 5.32 Å². The molecule has 0 aromatic heterocycles. The van der Waals surface area contributed by atoms with E-state index < -0.39 is 23.7 Å². The summed E-state index contributed by atoms with van der Waals surface area (Å²) in [5, 5.41) is 11.7. The van der Waals surface area contributed by atoms with Gasteiger partial charge >= 0.3 is 6.18 Å². The number of hydrogen-bond donors (Lipinski definition) is 2. The normalized spacial score (nSPS) is 19.0. The maximum absolute atomic E-state index is 13.0. The van der Waals surface area contributed by atoms with E-state index in [2.05, 4.69) is 0 Å². The summed E-state index contributed by atoms with van der Waals surface area (Å²) in [7, 11) is 0. The molecule has 3 nitrogen and oxygen atoms in total. The lowest BCUT2D eigenvalue weighted by atomic mass is 9.79. The minimum Gasteiger partial charge on any atom is -0.380 e. The van der Waals surface area contributed by atoms with Gasteiger partial charge < -0.3 is 10.4 Å². The van der Waals surface area contributed by atoms with Gasteiger partial charge in [-0.15, -0.1) is 0 Å². The van der Waals surface area contributed by atoms with Gasteiger partial charge in [0.15, 0.2) is 0 Å². The highest BCUT2D eigenvalue weighted by Crippen LogP contribution is 2.32. The topological polar surface area (TPSA) is 49.3 Å². The Kier molecular flexibility index (Phi) is 4.04. The van der Waals surface area contributed by atoms with Gasteiger partial charge in [0.25, 0.3) is 5.91 Å². The van der Waals surface area contributed by atoms with Crippen LogP contribution >= 0.6 is 0 Å². The zero-order valence-corrected chi connectivity index (χ0v) is 10.8. The van der Waals surface area contributed by atoms with Crippen LogP contribution in [0.4, 0.5) is 13.2 Å². The number of halogens is 3. The standard InChI is InChI=1S/C14H16F3NO2/c15-14(16,17)11(9-10-5-2-1-3-6-10)18-12(19)13(20)7-4-8-13/h1-3,5-6,11,20H,4,7-9H2,(H,18,19)/t11-/m1/s1. The lowest BCUT2D eigenvalue weighted by Gasteiger charge is -2.36. The SMILES string of the molecule is O=C(N[C@H](Cc1ccccc1)C(F)(F)F)C1(O)CCC1. The summed E-state index contributed by atoms with van der Waals surface area (Å²) < 4.78 is 38.9. The van der Waals surface area contributed by atoms with Gasteiger partial charge in [-0.1, -0.05) is 30.3 Å². The lowest BCUT2D eigenvalue weighted by Crippen LogP contribution is -2.57. The number of rotatable bonds is 4. The van der Waals surface area contributed by atoms with Gasteiger partial charge in [-0.3, -0.25) is 4.79 Å². The quantitative estimate of drug-likeness (QED) is 0.892. The number of carbonyl (C=O) groups is 1. The molecule has 0 bridgehead atoms. The molecule has 2 rings (SSSR count). The first-order chi connectivity index (χ1) is 9.31. The van der Waals surface area contributed by atoms with Crippen LogP contribution < -0.4 is 5.32 Å². The van der Waals surface area contributed by atoms with Crippen molar-refractivity contribution in [1.29, 1.82) is 0 Å². The third kappa shape index (κ3) is 3.30. The van der Waals surface area contributed by atoms with Crippen LogP contribution in [0.1, 0.15) is 24.8 Å². The number of benzene rings is 1. The molecule has 1 aromatic rings. The van der Waals surface area contributed by atoms with Crippen LogP contribution in [0.3, 0.4) is 0 Å². The van der Waals surface area contributed by atoms with Gasteiger partial charge in [-0.25, -0.2) is 0 Å². The van der Waals surface area contributed by atoms with E-state index >= 15 is 0 Å². The summed E-state index contributed by atoms with van der Waals surface area (Å²) in [5.74, 6) is -0.929. The maximum Gasteiger partial charge on any atom is 0.408 e. The minimum absolute atomic E-state index is 0.217. The second-order valence-electron chi connectivity index (χ2n) is 5.14. The van der Waals surface area contributed by atoms with Crippen LogP contribution in [0.2, 0.25) is 0 Å². The van der Waals surface area contributed by atoms with Gasteiger partial charge in [-0.05, 0) is 24.8 Å². The molecule has 1 saturated carbocycles. The van der Waals surface area contributed by atoms with E-state index in [9.17, 15) is 23.1 Å². The average Bonchev–Trinajstić information content (AvgIpc) is 2.35. The number of nitrogens with one attached hydrogen (secondary N) is 1. The number of carbonyl (C=O) groups excluding carboxylic acids is 1. The van der Waals surface area contributed by atoms with E-state index in [1.165, 1.54) is 0 Å². The first kappa shape index (κ1) is 14.8. The Morgan fingerprint density at radius 2 is 1.90 bits per heavy atom. The predicted octanol–water partition coefficient (Wildman–Crippen LogP) is 2.19. The van der Waals surface area contributed by atoms with Gasteiger partial charge in [0.1, 0.15) is 11.6 Å². The maximum atomic E-state index is 13.0. The van der Waals surface area contributed by atoms with Crippen LogP contribution in [0.15, 0.2) is 30.3 Å². The first-order valence-corrected chi connectivity index (χ1v) is 6.45. The summed E-state index contributed by atoms with van der Waals surface area (Å²) in [6.07, 6.45) is -3.81. The van der Waals surface area contributed by atoms with Gasteiger partial charge in [-0.2, -0.15) is 13.2 Å². The zero-order chi connectivity index (χ0) is 14.8. The molecular weight excluding hydrogens is 271 g/mol. The largest absolute Gasteiger partial charge is 0.408 e. The molecule has 0 spiro atoms. The molecule has 1 aromatic carbocycles. The smallest absolute Gasteiger partial charge is 0.380 e. The van der Waals surface area contributed by atoms with Crippen molar-refractivity contribution in [3.05, 3.63) is 35.9 Å². The summed E-state index contributed by atoms with van der Waals surface area (Å²) >= 11 is 0. The van der Waals surface area contributed by atoms with Crippen molar-refractivity contribution in [3.8, 4) is 0 Å². The van der Waals surface area contributed by atoms with Crippen LogP contribution in [-0.4, -0.2) is 28.8 Å². The highest BCUT2D eigenvalue weighted by Gasteiger charge is 2.47. The molecule has 20 heavy (non-hydrogen) atoms. The third-order valence-electron chi connectivity index (χ3n) is 3.59. The van der Waals surface area contributed by atoms with Crippen molar-refractivity contribution < 1.29 is 23.1 Å². The average molecular weight is 287 g/mol. The fraction of sp³-hybridized carbons (Fsp3) is 0.500. The Morgan fingerprint density at radius 1 is 1.30 bits per heavy atom. The zero-order valence-electron chi connectivity index (χ0n) is 10.8. The van der Waals surface area contributed by atoms with Gasteiger partial charge in [0.05, 0.1) is 0 Å². The van der Waals surface area contributed by atoms with Crippen LogP contribution in [0, 0.1) is 0 Å². The molecule has 1 amide bonds. The Morgan fingerprint density at radius 3 is 2.35 bits per heavy atom. The first-order valence-electron chi connectivity index (χ1n) is 6.45. The molecule has 1 aliphatic carbocycles. The van der Waals surface area contributed by atoms with Crippen molar-refractivity contribution in [3.63, 3.8) is 0 Å². The summed E-state index contributed by atoms with van der Waals surface area (Å²) in [4.78, 5) is 11.7. The van der Waals surface area contributed by atoms with Crippen molar-refractivity contribution in [2.45, 2.75) is 43.5 Å². The fourth-order valence-electron chi connectivity index (χ4n) is 2.13. The summed E-state index contributed by atoms with van der Waals surface area (Å²) in [6.45, 7) is 0. The van der Waals surface area contributed by atoms with Crippen LogP contribution in [0.25, 0.3) is 0 Å². The van der Waals surface area contributed by atoms with Gasteiger partial charge in [0, 0.05) is 6.42 Å². The third-order valence-corrected chi connectivity index (χ3v) is 3.59. The fourth-order valence-corrected chi connectivity index (χ4v) is 2.13. The van der Waals surface area contributed by atoms with Gasteiger partial charge in [0.2, 0.25) is 0 Å². The molecule has 1 fully saturated rings. The molecular formula is C14H16F3NO2. The van der Waals surface area contributed by atoms with Crippen LogP contribution in [0.5, 0.6) is 0 Å². The number of alkyl halides is 3. The Bertz CT molecular complexity index is 469. The van der Waals surface area contributed by atoms with Crippen LogP contribution in [-0.2, 0) is 11.2 Å². The highest BCUT2D eigenvalue weighted by atomic mass is 19.4. The lowest BCUT2D eigenvalue weighted by molar-refractivity contribution is -0.172. The molecule has 1 atom stereocenters.